The van der Waals surface area contributed by atoms with Crippen LogP contribution in [0.3, 0.4) is 0 Å². The average molecular weight is 1890 g/mol. The lowest BCUT2D eigenvalue weighted by Crippen LogP contribution is -2.43. The Kier molecular flexibility index (Phi) is 27.8. The standard InChI is InChI=1S/C23H20N8O4.2C23H23N7O5.C22H22N8O4/c1-24-22-26-9-13(10-27-22)16-3-4-17-19(28-16)20-15(11-25-17)21(33)29-23(34)31(20)14-5-7-30(8-6-14)18(32)12-35-2;1-34-12-18(31)29-7-5-14(6-8-29)30-20-15(21(32)28-23(30)33)11-24-17-4-3-16(27-19(17)20)13-9-25-22(35-2)26-10-13;1-35-12-19(32)29-6-4-14(5-7-29)30-21-15(22(33)28-23(30)34)10-24-17-3-2-16(27-20(17)21)13-8-25-18(11-31)26-9-13;1-34-11-17(31)29-6-4-13(5-7-29)30-19-14(20(32)28-22(30)33)10-24-16-3-2-15(27-18(16)19)12-8-25-21(23)26-9-12/h3-4,9-11,14H,5-8,12H2,2H3,(H,29,33,34);3-4,9-11,14H,5-8,12H2,1-2H3,(H,28,32,33);2-3,8-10,14,31H,4-7,11-12H2,1H3,(H,28,33,34);2-3,8-10,13H,4-7,11H2,1H3,(H2,23,25,26)(H,28,32,33). The molecule has 0 aliphatic carbocycles. The summed E-state index contributed by atoms with van der Waals surface area (Å²) in [5, 5.41) is 10.2. The molecule has 139 heavy (non-hydrogen) atoms. The number of carbonyl (C=O) groups is 4. The molecule has 0 unspecified atom stereocenters. The summed E-state index contributed by atoms with van der Waals surface area (Å²) < 4.78 is 31.1. The summed E-state index contributed by atoms with van der Waals surface area (Å²) in [4.78, 5) is 240. The number of rotatable bonds is 18. The van der Waals surface area contributed by atoms with E-state index in [4.69, 9.17) is 55.9 Å². The number of anilines is 1. The molecule has 0 saturated carbocycles. The fourth-order valence-corrected chi connectivity index (χ4v) is 17.7. The quantitative estimate of drug-likeness (QED) is 0.0530. The molecule has 0 spiro atoms. The summed E-state index contributed by atoms with van der Waals surface area (Å²) in [6.45, 7) is 10.6. The number of likely N-dealkylation sites (tertiary alicyclic amines) is 4. The average Bonchev–Trinajstić information content (AvgIpc) is 0.754. The number of nitrogens with two attached hydrogens (primary N) is 1. The highest BCUT2D eigenvalue weighted by molar-refractivity contribution is 6.04. The zero-order chi connectivity index (χ0) is 97.4. The topological polar surface area (TPSA) is 604 Å². The first kappa shape index (κ1) is 93.9. The number of methoxy groups -OCH3 is 5. The summed E-state index contributed by atoms with van der Waals surface area (Å²) >= 11 is 0. The number of hydrogen-bond acceptors (Lipinski definition) is 35. The van der Waals surface area contributed by atoms with Gasteiger partial charge in [-0.2, -0.15) is 9.97 Å². The molecule has 16 aromatic heterocycles. The summed E-state index contributed by atoms with van der Waals surface area (Å²) in [6, 6.07) is 13.4. The molecule has 0 radical (unpaired) electrons. The first-order valence-corrected chi connectivity index (χ1v) is 43.9. The number of nitrogens with one attached hydrogen (secondary N) is 4. The fourth-order valence-electron chi connectivity index (χ4n) is 17.7. The molecule has 4 aliphatic rings. The zero-order valence-electron chi connectivity index (χ0n) is 75.4. The summed E-state index contributed by atoms with van der Waals surface area (Å²) in [5.74, 6) is 0.0812. The van der Waals surface area contributed by atoms with Crippen molar-refractivity contribution in [2.45, 2.75) is 82.1 Å². The smallest absolute Gasteiger partial charge is 0.371 e. The van der Waals surface area contributed by atoms with Crippen LogP contribution in [0.25, 0.3) is 138 Å². The summed E-state index contributed by atoms with van der Waals surface area (Å²) in [6.07, 6.45) is 22.5. The van der Waals surface area contributed by atoms with Crippen LogP contribution in [0.15, 0.2) is 161 Å². The Balaban J connectivity index is 0.000000128. The van der Waals surface area contributed by atoms with Gasteiger partial charge < -0.3 is 59.0 Å². The number of pyridine rings is 8. The third-order valence-corrected chi connectivity index (χ3v) is 24.5. The molecule has 0 aromatic carbocycles. The Morgan fingerprint density at radius 1 is 0.360 bits per heavy atom. The van der Waals surface area contributed by atoms with Crippen molar-refractivity contribution < 1.29 is 48.0 Å². The van der Waals surface area contributed by atoms with Gasteiger partial charge in [-0.3, -0.25) is 96.5 Å². The molecular formula is C91H88N30O18. The lowest BCUT2D eigenvalue weighted by Gasteiger charge is -2.33. The summed E-state index contributed by atoms with van der Waals surface area (Å²) in [5.41, 5.74) is 11.4. The number of nitrogens with zero attached hydrogens (tertiary/aromatic N) is 25. The number of hydrogen-bond donors (Lipinski definition) is 6. The number of H-pyrrole nitrogens is 4. The molecule has 0 bridgehead atoms. The van der Waals surface area contributed by atoms with Crippen molar-refractivity contribution in [2.24, 2.45) is 0 Å². The molecule has 16 aromatic rings. The molecule has 20 rings (SSSR count). The number of aromatic amines is 4. The van der Waals surface area contributed by atoms with Gasteiger partial charge in [-0.1, -0.05) is 0 Å². The van der Waals surface area contributed by atoms with Crippen molar-refractivity contribution in [3.63, 3.8) is 0 Å². The molecular weight excluding hydrogens is 1800 g/mol. The van der Waals surface area contributed by atoms with Gasteiger partial charge in [-0.05, 0) is 99.9 Å². The largest absolute Gasteiger partial charge is 0.467 e. The number of ether oxygens (including phenoxy) is 5. The van der Waals surface area contributed by atoms with Gasteiger partial charge in [0.05, 0.1) is 114 Å². The van der Waals surface area contributed by atoms with Crippen LogP contribution < -0.4 is 55.5 Å². The molecule has 7 N–H and O–H groups in total. The second-order valence-electron chi connectivity index (χ2n) is 32.8. The number of carbonyl (C=O) groups excluding carboxylic acids is 4. The van der Waals surface area contributed by atoms with Crippen LogP contribution in [-0.2, 0) is 44.7 Å². The van der Waals surface area contributed by atoms with E-state index in [9.17, 15) is 62.6 Å². The number of aliphatic hydroxyl groups is 1. The predicted molar refractivity (Wildman–Crippen MR) is 502 cm³/mol. The third-order valence-electron chi connectivity index (χ3n) is 24.5. The Bertz CT molecular complexity index is 7790. The number of piperidine rings is 4. The van der Waals surface area contributed by atoms with E-state index in [-0.39, 0.29) is 126 Å². The number of fused-ring (bicyclic) bond motifs is 12. The van der Waals surface area contributed by atoms with Crippen molar-refractivity contribution in [1.29, 1.82) is 0 Å². The van der Waals surface area contributed by atoms with Gasteiger partial charge in [-0.25, -0.2) is 69.0 Å². The maximum atomic E-state index is 13.1. The van der Waals surface area contributed by atoms with E-state index >= 15 is 0 Å². The number of aromatic nitrogens is 24. The van der Waals surface area contributed by atoms with Crippen molar-refractivity contribution >= 4 is 123 Å². The molecule has 48 heteroatoms. The van der Waals surface area contributed by atoms with E-state index in [2.05, 4.69) is 84.6 Å². The van der Waals surface area contributed by atoms with E-state index < -0.39 is 45.0 Å². The van der Waals surface area contributed by atoms with Gasteiger partial charge in [0, 0.05) is 184 Å². The van der Waals surface area contributed by atoms with Crippen molar-refractivity contribution in [1.82, 2.24) is 138 Å². The van der Waals surface area contributed by atoms with E-state index in [1.54, 1.807) is 124 Å². The van der Waals surface area contributed by atoms with Crippen LogP contribution in [0.5, 0.6) is 6.01 Å². The van der Waals surface area contributed by atoms with Gasteiger partial charge in [0.1, 0.15) is 55.1 Å². The second-order valence-corrected chi connectivity index (χ2v) is 32.8. The molecule has 4 fully saturated rings. The minimum Gasteiger partial charge on any atom is -0.467 e. The molecule has 0 atom stereocenters. The van der Waals surface area contributed by atoms with Crippen LogP contribution in [0.2, 0.25) is 0 Å². The third kappa shape index (κ3) is 19.5. The van der Waals surface area contributed by atoms with Crippen molar-refractivity contribution in [2.75, 3.05) is 120 Å². The Hall–Kier alpha value is -16.9. The first-order valence-electron chi connectivity index (χ1n) is 43.9. The van der Waals surface area contributed by atoms with E-state index in [1.165, 1.54) is 72.7 Å². The van der Waals surface area contributed by atoms with Crippen LogP contribution in [-0.4, -0.2) is 281 Å². The number of amides is 4. The normalized spacial score (nSPS) is 14.5. The molecule has 48 nitrogen and oxygen atoms in total. The minimum atomic E-state index is -0.541. The highest BCUT2D eigenvalue weighted by atomic mass is 16.5. The zero-order valence-corrected chi connectivity index (χ0v) is 75.4. The van der Waals surface area contributed by atoms with Crippen LogP contribution in [0.4, 0.5) is 11.9 Å². The molecule has 710 valence electrons. The SMILES string of the molecule is COCC(=O)N1CCC(n2c(=O)[nH]c(=O)c3cnc4ccc(-c5cnc(CO)nc5)nc4c32)CC1.COCC(=O)N1CCC(n2c(=O)[nH]c(=O)c3cnc4ccc(-c5cnc(N)nc5)nc4c32)CC1.COCC(=O)N1CCC(n2c(=O)[nH]c(=O)c3cnc4ccc(-c5cnc(OC)nc5)nc4c32)CC1.[C-]#[N+]c1ncc(-c2ccc3ncc4c(=O)[nH]c(=O)n(C5CCN(C(=O)COC)CC5)c4c3n2)cn1. The maximum Gasteiger partial charge on any atom is 0.371 e. The van der Waals surface area contributed by atoms with Gasteiger partial charge in [0.2, 0.25) is 29.6 Å². The van der Waals surface area contributed by atoms with Crippen molar-refractivity contribution in [3.05, 3.63) is 223 Å². The molecule has 4 saturated heterocycles. The number of nitrogen functional groups attached to an aromatic ring is 1. The molecule has 20 heterocycles. The highest BCUT2D eigenvalue weighted by Gasteiger charge is 2.34. The predicted octanol–water partition coefficient (Wildman–Crippen LogP) is 3.23. The lowest BCUT2D eigenvalue weighted by molar-refractivity contribution is -0.137. The van der Waals surface area contributed by atoms with Crippen LogP contribution in [0.1, 0.15) is 81.4 Å². The first-order chi connectivity index (χ1) is 67.4. The van der Waals surface area contributed by atoms with Gasteiger partial charge in [0.25, 0.3) is 22.2 Å². The lowest BCUT2D eigenvalue weighted by atomic mass is 10.0. The van der Waals surface area contributed by atoms with Gasteiger partial charge >= 0.3 is 34.7 Å². The van der Waals surface area contributed by atoms with E-state index in [0.29, 0.717) is 215 Å². The highest BCUT2D eigenvalue weighted by Crippen LogP contribution is 2.36. The molecule has 4 aliphatic heterocycles. The minimum absolute atomic E-state index is 0.00971. The Morgan fingerprint density at radius 3 is 0.842 bits per heavy atom. The van der Waals surface area contributed by atoms with Gasteiger partial charge in [0.15, 0.2) is 5.82 Å². The molecule has 4 amide bonds. The Labute approximate surface area is 781 Å². The van der Waals surface area contributed by atoms with Gasteiger partial charge in [-0.15, -0.1) is 6.57 Å². The van der Waals surface area contributed by atoms with E-state index in [1.807, 2.05) is 0 Å². The van der Waals surface area contributed by atoms with Crippen molar-refractivity contribution in [3.8, 4) is 51.0 Å². The summed E-state index contributed by atoms with van der Waals surface area (Å²) in [7, 11) is 7.39. The Morgan fingerprint density at radius 2 is 0.604 bits per heavy atom. The monoisotopic (exact) mass is 1890 g/mol. The fraction of sp³-hybridized carbons (Fsp3) is 0.330. The van der Waals surface area contributed by atoms with Crippen LogP contribution in [0, 0.1) is 6.57 Å². The number of aliphatic hydroxyl groups excluding tert-OH is 1. The maximum absolute atomic E-state index is 13.1. The van der Waals surface area contributed by atoms with Crippen LogP contribution >= 0.6 is 0 Å². The van der Waals surface area contributed by atoms with E-state index in [0.717, 1.165) is 0 Å². The second kappa shape index (κ2) is 41.1.